The Morgan fingerprint density at radius 3 is 2.68 bits per heavy atom. The first-order valence-corrected chi connectivity index (χ1v) is 10.1. The molecular weight excluding hydrogens is 401 g/mol. The van der Waals surface area contributed by atoms with Crippen LogP contribution in [0.4, 0.5) is 4.39 Å². The number of benzene rings is 2. The maximum absolute atomic E-state index is 12.9. The maximum atomic E-state index is 12.9. The second-order valence-corrected chi connectivity index (χ2v) is 7.57. The average molecular weight is 427 g/mol. The van der Waals surface area contributed by atoms with Crippen LogP contribution in [0.2, 0.25) is 0 Å². The number of phenols is 1. The molecule has 6 nitrogen and oxygen atoms in total. The number of hydrogen-bond acceptors (Lipinski definition) is 5. The number of aromatic hydroxyl groups is 1. The molecule has 0 bridgehead atoms. The van der Waals surface area contributed by atoms with Gasteiger partial charge in [-0.05, 0) is 49.9 Å². The minimum absolute atomic E-state index is 0.103. The highest BCUT2D eigenvalue weighted by atomic mass is 19.1. The molecule has 1 heterocycles. The van der Waals surface area contributed by atoms with E-state index in [1.54, 1.807) is 12.1 Å². The van der Waals surface area contributed by atoms with Gasteiger partial charge in [0.25, 0.3) is 0 Å². The Kier molecular flexibility index (Phi) is 6.95. The molecule has 3 rings (SSSR count). The molecule has 0 spiro atoms. The van der Waals surface area contributed by atoms with Crippen LogP contribution in [0.25, 0.3) is 0 Å². The number of nitrogens with one attached hydrogen (secondary N) is 1. The number of methoxy groups -OCH3 is 1. The van der Waals surface area contributed by atoms with Gasteiger partial charge in [0.2, 0.25) is 5.91 Å². The number of cyclic esters (lactones) is 1. The Morgan fingerprint density at radius 1 is 1.29 bits per heavy atom. The SMILES string of the molecule is COc1c(C)c2c(c(O)c1C/C=C(\C)CCC(=O)NCc1ccc(F)cc1)C(=O)OC2. The van der Waals surface area contributed by atoms with Crippen LogP contribution in [0.3, 0.4) is 0 Å². The molecule has 0 aliphatic carbocycles. The van der Waals surface area contributed by atoms with Gasteiger partial charge in [-0.2, -0.15) is 0 Å². The highest BCUT2D eigenvalue weighted by Gasteiger charge is 2.31. The molecule has 0 unspecified atom stereocenters. The minimum atomic E-state index is -0.530. The van der Waals surface area contributed by atoms with E-state index in [1.165, 1.54) is 19.2 Å². The summed E-state index contributed by atoms with van der Waals surface area (Å²) >= 11 is 0. The number of rotatable bonds is 8. The molecule has 7 heteroatoms. The fraction of sp³-hybridized carbons (Fsp3) is 0.333. The summed E-state index contributed by atoms with van der Waals surface area (Å²) in [4.78, 5) is 24.1. The fourth-order valence-electron chi connectivity index (χ4n) is 3.61. The number of ether oxygens (including phenoxy) is 2. The van der Waals surface area contributed by atoms with E-state index < -0.39 is 5.97 Å². The molecule has 0 fully saturated rings. The van der Waals surface area contributed by atoms with Gasteiger partial charge in [0.15, 0.2) is 0 Å². The summed E-state index contributed by atoms with van der Waals surface area (Å²) in [6.45, 7) is 4.22. The van der Waals surface area contributed by atoms with Gasteiger partial charge >= 0.3 is 5.97 Å². The second-order valence-electron chi connectivity index (χ2n) is 7.57. The lowest BCUT2D eigenvalue weighted by Crippen LogP contribution is -2.22. The van der Waals surface area contributed by atoms with Crippen molar-refractivity contribution in [3.05, 3.63) is 69.5 Å². The largest absolute Gasteiger partial charge is 0.507 e. The quantitative estimate of drug-likeness (QED) is 0.489. The van der Waals surface area contributed by atoms with Crippen LogP contribution in [-0.4, -0.2) is 24.1 Å². The molecule has 31 heavy (non-hydrogen) atoms. The monoisotopic (exact) mass is 427 g/mol. The Balaban J connectivity index is 1.61. The topological polar surface area (TPSA) is 84.9 Å². The summed E-state index contributed by atoms with van der Waals surface area (Å²) in [5.74, 6) is -0.516. The van der Waals surface area contributed by atoms with Crippen molar-refractivity contribution in [2.45, 2.75) is 46.3 Å². The number of hydrogen-bond donors (Lipinski definition) is 2. The molecular formula is C24H26FNO5. The van der Waals surface area contributed by atoms with Crippen LogP contribution in [0.5, 0.6) is 11.5 Å². The fourth-order valence-corrected chi connectivity index (χ4v) is 3.61. The zero-order chi connectivity index (χ0) is 22.5. The minimum Gasteiger partial charge on any atom is -0.507 e. The summed E-state index contributed by atoms with van der Waals surface area (Å²) in [7, 11) is 1.53. The predicted molar refractivity (Wildman–Crippen MR) is 113 cm³/mol. The highest BCUT2D eigenvalue weighted by Crippen LogP contribution is 2.42. The molecule has 2 aromatic rings. The van der Waals surface area contributed by atoms with Crippen molar-refractivity contribution in [3.8, 4) is 11.5 Å². The Bertz CT molecular complexity index is 1030. The lowest BCUT2D eigenvalue weighted by molar-refractivity contribution is -0.121. The van der Waals surface area contributed by atoms with Gasteiger partial charge in [0.05, 0.1) is 7.11 Å². The Labute approximate surface area is 180 Å². The lowest BCUT2D eigenvalue weighted by atomic mass is 9.94. The van der Waals surface area contributed by atoms with E-state index >= 15 is 0 Å². The van der Waals surface area contributed by atoms with Gasteiger partial charge in [-0.15, -0.1) is 0 Å². The zero-order valence-electron chi connectivity index (χ0n) is 17.9. The average Bonchev–Trinajstić information content (AvgIpc) is 3.15. The normalized spacial score (nSPS) is 13.0. The van der Waals surface area contributed by atoms with Crippen LogP contribution < -0.4 is 10.1 Å². The van der Waals surface area contributed by atoms with E-state index in [9.17, 15) is 19.1 Å². The number of fused-ring (bicyclic) bond motifs is 1. The summed E-state index contributed by atoms with van der Waals surface area (Å²) in [6.07, 6.45) is 3.13. The van der Waals surface area contributed by atoms with Gasteiger partial charge in [-0.1, -0.05) is 23.8 Å². The van der Waals surface area contributed by atoms with Crippen LogP contribution in [-0.2, 0) is 29.1 Å². The van der Waals surface area contributed by atoms with E-state index in [4.69, 9.17) is 9.47 Å². The first-order chi connectivity index (χ1) is 14.8. The van der Waals surface area contributed by atoms with Gasteiger partial charge in [0, 0.05) is 24.1 Å². The van der Waals surface area contributed by atoms with Crippen molar-refractivity contribution < 1.29 is 28.6 Å². The molecule has 1 aliphatic rings. The number of phenolic OH excluding ortho intramolecular Hbond substituents is 1. The number of carbonyl (C=O) groups is 2. The molecule has 164 valence electrons. The van der Waals surface area contributed by atoms with E-state index in [-0.39, 0.29) is 29.6 Å². The Morgan fingerprint density at radius 2 is 2.00 bits per heavy atom. The number of halogens is 1. The second kappa shape index (κ2) is 9.64. The van der Waals surface area contributed by atoms with Crippen LogP contribution in [0.15, 0.2) is 35.9 Å². The number of amides is 1. The van der Waals surface area contributed by atoms with Crippen molar-refractivity contribution in [1.29, 1.82) is 0 Å². The van der Waals surface area contributed by atoms with Gasteiger partial charge in [-0.3, -0.25) is 4.79 Å². The van der Waals surface area contributed by atoms with E-state index in [0.717, 1.165) is 16.7 Å². The summed E-state index contributed by atoms with van der Waals surface area (Å²) in [6, 6.07) is 5.99. The van der Waals surface area contributed by atoms with Crippen LogP contribution in [0, 0.1) is 12.7 Å². The van der Waals surface area contributed by atoms with Crippen LogP contribution in [0.1, 0.15) is 52.4 Å². The van der Waals surface area contributed by atoms with E-state index in [1.807, 2.05) is 19.9 Å². The molecule has 0 saturated heterocycles. The van der Waals surface area contributed by atoms with E-state index in [0.29, 0.717) is 42.7 Å². The zero-order valence-corrected chi connectivity index (χ0v) is 17.9. The van der Waals surface area contributed by atoms with Gasteiger partial charge in [-0.25, -0.2) is 9.18 Å². The molecule has 0 atom stereocenters. The van der Waals surface area contributed by atoms with Crippen molar-refractivity contribution in [1.82, 2.24) is 5.32 Å². The molecule has 1 aliphatic heterocycles. The molecule has 2 N–H and O–H groups in total. The summed E-state index contributed by atoms with van der Waals surface area (Å²) in [5, 5.41) is 13.5. The third-order valence-corrected chi connectivity index (χ3v) is 5.45. The number of allylic oxidation sites excluding steroid dienone is 2. The van der Waals surface area contributed by atoms with E-state index in [2.05, 4.69) is 5.32 Å². The van der Waals surface area contributed by atoms with Crippen molar-refractivity contribution in [2.24, 2.45) is 0 Å². The molecule has 0 saturated carbocycles. The van der Waals surface area contributed by atoms with Gasteiger partial charge in [0.1, 0.15) is 29.5 Å². The molecule has 1 amide bonds. The van der Waals surface area contributed by atoms with Crippen molar-refractivity contribution >= 4 is 11.9 Å². The highest BCUT2D eigenvalue weighted by molar-refractivity contribution is 5.98. The van der Waals surface area contributed by atoms with Crippen molar-refractivity contribution in [2.75, 3.05) is 7.11 Å². The third kappa shape index (κ3) is 5.05. The van der Waals surface area contributed by atoms with Crippen LogP contribution >= 0.6 is 0 Å². The third-order valence-electron chi connectivity index (χ3n) is 5.45. The molecule has 0 aromatic heterocycles. The molecule has 2 aromatic carbocycles. The smallest absolute Gasteiger partial charge is 0.342 e. The Hall–Kier alpha value is -3.35. The predicted octanol–water partition coefficient (Wildman–Crippen LogP) is 4.10. The first kappa shape index (κ1) is 22.3. The van der Waals surface area contributed by atoms with Crippen molar-refractivity contribution in [3.63, 3.8) is 0 Å². The van der Waals surface area contributed by atoms with Gasteiger partial charge < -0.3 is 19.9 Å². The molecule has 0 radical (unpaired) electrons. The summed E-state index contributed by atoms with van der Waals surface area (Å²) < 4.78 is 23.5. The standard InChI is InChI=1S/C24H26FNO5/c1-14(5-11-20(27)26-12-16-6-8-17(25)9-7-16)4-10-18-22(28)21-19(13-31-24(21)29)15(2)23(18)30-3/h4,6-9,28H,5,10-13H2,1-3H3,(H,26,27)/b14-4+. The number of esters is 1. The summed E-state index contributed by atoms with van der Waals surface area (Å²) in [5.41, 5.74) is 3.97. The lowest BCUT2D eigenvalue weighted by Gasteiger charge is -2.15. The number of carbonyl (C=O) groups excluding carboxylic acids is 2. The maximum Gasteiger partial charge on any atom is 0.342 e. The first-order valence-electron chi connectivity index (χ1n) is 10.1.